The summed E-state index contributed by atoms with van der Waals surface area (Å²) in [6.07, 6.45) is 3.49. The fourth-order valence-corrected chi connectivity index (χ4v) is 1.76. The third-order valence-corrected chi connectivity index (χ3v) is 3.06. The van der Waals surface area contributed by atoms with Gasteiger partial charge >= 0.3 is 6.03 Å². The maximum absolute atomic E-state index is 11.4. The van der Waals surface area contributed by atoms with Crippen LogP contribution >= 0.6 is 0 Å². The molecule has 1 fully saturated rings. The highest BCUT2D eigenvalue weighted by molar-refractivity contribution is 5.73. The summed E-state index contributed by atoms with van der Waals surface area (Å²) in [5.74, 6) is 0. The van der Waals surface area contributed by atoms with Crippen molar-refractivity contribution in [3.05, 3.63) is 0 Å². The van der Waals surface area contributed by atoms with Gasteiger partial charge in [-0.2, -0.15) is 0 Å². The van der Waals surface area contributed by atoms with Crippen LogP contribution in [0.4, 0.5) is 4.79 Å². The first-order chi connectivity index (χ1) is 8.24. The Labute approximate surface area is 104 Å². The SMILES string of the molecule is CCN(C)C(=O)NCCCOC1CCNCC1. The number of nitrogens with one attached hydrogen (secondary N) is 2. The minimum absolute atomic E-state index is 0.00522. The Balaban J connectivity index is 1.95. The highest BCUT2D eigenvalue weighted by Gasteiger charge is 2.12. The average molecular weight is 243 g/mol. The molecule has 5 nitrogen and oxygen atoms in total. The number of ether oxygens (including phenoxy) is 1. The monoisotopic (exact) mass is 243 g/mol. The lowest BCUT2D eigenvalue weighted by Crippen LogP contribution is -2.38. The summed E-state index contributed by atoms with van der Waals surface area (Å²) >= 11 is 0. The van der Waals surface area contributed by atoms with E-state index in [2.05, 4.69) is 10.6 Å². The van der Waals surface area contributed by atoms with E-state index in [1.165, 1.54) is 0 Å². The smallest absolute Gasteiger partial charge is 0.317 e. The number of amides is 2. The van der Waals surface area contributed by atoms with Crippen molar-refractivity contribution in [2.75, 3.05) is 39.8 Å². The predicted molar refractivity (Wildman–Crippen MR) is 68.2 cm³/mol. The van der Waals surface area contributed by atoms with Crippen LogP contribution < -0.4 is 10.6 Å². The number of urea groups is 1. The summed E-state index contributed by atoms with van der Waals surface area (Å²) in [7, 11) is 1.79. The van der Waals surface area contributed by atoms with Crippen LogP contribution in [0.15, 0.2) is 0 Å². The van der Waals surface area contributed by atoms with Crippen LogP contribution in [-0.4, -0.2) is 56.9 Å². The molecule has 1 heterocycles. The first-order valence-electron chi connectivity index (χ1n) is 6.55. The normalized spacial score (nSPS) is 16.8. The number of hydrogen-bond acceptors (Lipinski definition) is 3. The molecule has 1 saturated heterocycles. The van der Waals surface area contributed by atoms with Crippen LogP contribution in [0, 0.1) is 0 Å². The summed E-state index contributed by atoms with van der Waals surface area (Å²) in [6.45, 7) is 6.23. The molecule has 0 saturated carbocycles. The Hall–Kier alpha value is -0.810. The van der Waals surface area contributed by atoms with Crippen molar-refractivity contribution in [2.45, 2.75) is 32.3 Å². The lowest BCUT2D eigenvalue weighted by molar-refractivity contribution is 0.0319. The van der Waals surface area contributed by atoms with Gasteiger partial charge in [0.15, 0.2) is 0 Å². The zero-order chi connectivity index (χ0) is 12.5. The second-order valence-electron chi connectivity index (χ2n) is 4.42. The summed E-state index contributed by atoms with van der Waals surface area (Å²) in [5, 5.41) is 6.17. The van der Waals surface area contributed by atoms with E-state index in [9.17, 15) is 4.79 Å². The first kappa shape index (κ1) is 14.3. The van der Waals surface area contributed by atoms with Crippen LogP contribution in [0.3, 0.4) is 0 Å². The van der Waals surface area contributed by atoms with E-state index >= 15 is 0 Å². The van der Waals surface area contributed by atoms with Crippen molar-refractivity contribution in [1.29, 1.82) is 0 Å². The lowest BCUT2D eigenvalue weighted by Gasteiger charge is -2.23. The van der Waals surface area contributed by atoms with Crippen LogP contribution in [0.25, 0.3) is 0 Å². The Morgan fingerprint density at radius 2 is 2.18 bits per heavy atom. The Morgan fingerprint density at radius 3 is 2.82 bits per heavy atom. The lowest BCUT2D eigenvalue weighted by atomic mass is 10.1. The molecule has 0 radical (unpaired) electrons. The van der Waals surface area contributed by atoms with E-state index in [-0.39, 0.29) is 6.03 Å². The van der Waals surface area contributed by atoms with Gasteiger partial charge in [0.25, 0.3) is 0 Å². The van der Waals surface area contributed by atoms with Gasteiger partial charge in [0.1, 0.15) is 0 Å². The molecule has 2 amide bonds. The second kappa shape index (κ2) is 8.31. The molecular formula is C12H25N3O2. The number of carbonyl (C=O) groups is 1. The van der Waals surface area contributed by atoms with Crippen molar-refractivity contribution in [3.63, 3.8) is 0 Å². The van der Waals surface area contributed by atoms with Crippen molar-refractivity contribution >= 4 is 6.03 Å². The molecule has 0 atom stereocenters. The van der Waals surface area contributed by atoms with Crippen molar-refractivity contribution in [1.82, 2.24) is 15.5 Å². The molecule has 2 N–H and O–H groups in total. The van der Waals surface area contributed by atoms with E-state index in [1.807, 2.05) is 6.92 Å². The van der Waals surface area contributed by atoms with Gasteiger partial charge in [-0.05, 0) is 39.3 Å². The van der Waals surface area contributed by atoms with Gasteiger partial charge in [0.05, 0.1) is 6.10 Å². The maximum atomic E-state index is 11.4. The molecule has 0 aromatic heterocycles. The van der Waals surface area contributed by atoms with Gasteiger partial charge in [-0.1, -0.05) is 0 Å². The minimum atomic E-state index is -0.00522. The number of hydrogen-bond donors (Lipinski definition) is 2. The number of nitrogens with zero attached hydrogens (tertiary/aromatic N) is 1. The van der Waals surface area contributed by atoms with Gasteiger partial charge in [0, 0.05) is 26.7 Å². The fourth-order valence-electron chi connectivity index (χ4n) is 1.76. The number of carbonyl (C=O) groups excluding carboxylic acids is 1. The first-order valence-corrected chi connectivity index (χ1v) is 6.55. The van der Waals surface area contributed by atoms with Crippen molar-refractivity contribution in [3.8, 4) is 0 Å². The van der Waals surface area contributed by atoms with Crippen molar-refractivity contribution < 1.29 is 9.53 Å². The Morgan fingerprint density at radius 1 is 1.47 bits per heavy atom. The topological polar surface area (TPSA) is 53.6 Å². The molecule has 100 valence electrons. The molecule has 1 rings (SSSR count). The highest BCUT2D eigenvalue weighted by atomic mass is 16.5. The molecule has 0 spiro atoms. The second-order valence-corrected chi connectivity index (χ2v) is 4.42. The molecular weight excluding hydrogens is 218 g/mol. The van der Waals surface area contributed by atoms with E-state index in [0.717, 1.165) is 45.5 Å². The highest BCUT2D eigenvalue weighted by Crippen LogP contribution is 2.06. The van der Waals surface area contributed by atoms with Gasteiger partial charge in [-0.15, -0.1) is 0 Å². The zero-order valence-corrected chi connectivity index (χ0v) is 11.0. The van der Waals surface area contributed by atoms with Crippen molar-refractivity contribution in [2.24, 2.45) is 0 Å². The predicted octanol–water partition coefficient (Wildman–Crippen LogP) is 0.806. The van der Waals surface area contributed by atoms with Crippen LogP contribution in [0.5, 0.6) is 0 Å². The average Bonchev–Trinajstić information content (AvgIpc) is 2.38. The third kappa shape index (κ3) is 5.89. The molecule has 0 aromatic rings. The van der Waals surface area contributed by atoms with E-state index in [1.54, 1.807) is 11.9 Å². The Bertz CT molecular complexity index is 218. The van der Waals surface area contributed by atoms with E-state index < -0.39 is 0 Å². The molecule has 1 aliphatic heterocycles. The quantitative estimate of drug-likeness (QED) is 0.679. The summed E-state index contributed by atoms with van der Waals surface area (Å²) in [5.41, 5.74) is 0. The van der Waals surface area contributed by atoms with Gasteiger partial charge in [-0.25, -0.2) is 4.79 Å². The number of rotatable bonds is 6. The molecule has 5 heteroatoms. The summed E-state index contributed by atoms with van der Waals surface area (Å²) in [4.78, 5) is 13.1. The van der Waals surface area contributed by atoms with Crippen LogP contribution in [-0.2, 0) is 4.74 Å². The Kier molecular flexibility index (Phi) is 6.96. The molecule has 17 heavy (non-hydrogen) atoms. The van der Waals surface area contributed by atoms with Gasteiger partial charge in [0.2, 0.25) is 0 Å². The van der Waals surface area contributed by atoms with Crippen LogP contribution in [0.1, 0.15) is 26.2 Å². The maximum Gasteiger partial charge on any atom is 0.317 e. The van der Waals surface area contributed by atoms with Crippen LogP contribution in [0.2, 0.25) is 0 Å². The number of piperidine rings is 1. The molecule has 0 unspecified atom stereocenters. The summed E-state index contributed by atoms with van der Waals surface area (Å²) in [6, 6.07) is -0.00522. The minimum Gasteiger partial charge on any atom is -0.378 e. The summed E-state index contributed by atoms with van der Waals surface area (Å²) < 4.78 is 5.75. The molecule has 0 bridgehead atoms. The molecule has 0 aliphatic carbocycles. The largest absolute Gasteiger partial charge is 0.378 e. The van der Waals surface area contributed by atoms with Gasteiger partial charge in [-0.3, -0.25) is 0 Å². The molecule has 1 aliphatic rings. The van der Waals surface area contributed by atoms with E-state index in [4.69, 9.17) is 4.74 Å². The molecule has 0 aromatic carbocycles. The standard InChI is InChI=1S/C12H25N3O2/c1-3-15(2)12(16)14-7-4-10-17-11-5-8-13-9-6-11/h11,13H,3-10H2,1-2H3,(H,14,16). The third-order valence-electron chi connectivity index (χ3n) is 3.06. The van der Waals surface area contributed by atoms with E-state index in [0.29, 0.717) is 12.6 Å². The van der Waals surface area contributed by atoms with Gasteiger partial charge < -0.3 is 20.3 Å². The zero-order valence-electron chi connectivity index (χ0n) is 11.0. The fraction of sp³-hybridized carbons (Fsp3) is 0.917.